The number of thioether (sulfide) groups is 1. The Hall–Kier alpha value is -0.380. The molecule has 1 N–H and O–H groups in total. The number of halogens is 2. The number of nitrogens with one attached hydrogen (secondary N) is 1. The van der Waals surface area contributed by atoms with E-state index in [1.165, 1.54) is 0 Å². The van der Waals surface area contributed by atoms with Crippen LogP contribution in [0.15, 0.2) is 24.3 Å². The average Bonchev–Trinajstić information content (AvgIpc) is 2.30. The van der Waals surface area contributed by atoms with E-state index in [2.05, 4.69) is 5.32 Å². The summed E-state index contributed by atoms with van der Waals surface area (Å²) in [5, 5.41) is 3.50. The van der Waals surface area contributed by atoms with Gasteiger partial charge in [0.25, 0.3) is 0 Å². The number of alkyl halides is 1. The highest BCUT2D eigenvalue weighted by Crippen LogP contribution is 2.20. The highest BCUT2D eigenvalue weighted by atomic mass is 35.5. The van der Waals surface area contributed by atoms with E-state index in [0.29, 0.717) is 6.54 Å². The number of carbonyl (C=O) groups is 1. The molecule has 5 heteroatoms. The average molecular weight is 278 g/mol. The highest BCUT2D eigenvalue weighted by Gasteiger charge is 2.00. The summed E-state index contributed by atoms with van der Waals surface area (Å²) in [7, 11) is 0. The third-order valence-corrected chi connectivity index (χ3v) is 3.52. The molecule has 1 aromatic carbocycles. The van der Waals surface area contributed by atoms with E-state index in [1.807, 2.05) is 24.3 Å². The molecule has 1 amide bonds. The summed E-state index contributed by atoms with van der Waals surface area (Å²) in [5.41, 5.74) is 1.12. The van der Waals surface area contributed by atoms with Crippen molar-refractivity contribution in [3.8, 4) is 0 Å². The number of amides is 1. The first-order chi connectivity index (χ1) is 7.74. The lowest BCUT2D eigenvalue weighted by molar-refractivity contribution is -0.118. The second-order valence-electron chi connectivity index (χ2n) is 3.13. The molecule has 0 unspecified atom stereocenters. The van der Waals surface area contributed by atoms with Crippen molar-refractivity contribution in [1.29, 1.82) is 0 Å². The molecule has 16 heavy (non-hydrogen) atoms. The van der Waals surface area contributed by atoms with E-state index in [9.17, 15) is 4.79 Å². The van der Waals surface area contributed by atoms with Crippen LogP contribution in [0, 0.1) is 0 Å². The summed E-state index contributed by atoms with van der Waals surface area (Å²) in [6.07, 6.45) is 0. The van der Waals surface area contributed by atoms with Crippen LogP contribution >= 0.6 is 35.0 Å². The number of benzene rings is 1. The Kier molecular flexibility index (Phi) is 6.69. The molecule has 0 bridgehead atoms. The second-order valence-corrected chi connectivity index (χ2v) is 4.91. The van der Waals surface area contributed by atoms with Crippen molar-refractivity contribution < 1.29 is 4.79 Å². The largest absolute Gasteiger partial charge is 0.354 e. The Balaban J connectivity index is 2.17. The number of hydrogen-bond acceptors (Lipinski definition) is 2. The van der Waals surface area contributed by atoms with E-state index in [-0.39, 0.29) is 11.8 Å². The van der Waals surface area contributed by atoms with Crippen molar-refractivity contribution >= 4 is 40.9 Å². The van der Waals surface area contributed by atoms with Gasteiger partial charge in [-0.25, -0.2) is 0 Å². The van der Waals surface area contributed by atoms with Crippen LogP contribution in [0.3, 0.4) is 0 Å². The van der Waals surface area contributed by atoms with Gasteiger partial charge in [0.2, 0.25) is 5.91 Å². The van der Waals surface area contributed by atoms with Gasteiger partial charge in [-0.15, -0.1) is 11.6 Å². The van der Waals surface area contributed by atoms with Gasteiger partial charge in [0.15, 0.2) is 0 Å². The maximum Gasteiger partial charge on any atom is 0.234 e. The molecule has 1 aromatic rings. The second kappa shape index (κ2) is 7.82. The van der Waals surface area contributed by atoms with Crippen LogP contribution in [0.5, 0.6) is 0 Å². The van der Waals surface area contributed by atoms with Crippen LogP contribution in [0.2, 0.25) is 5.02 Å². The van der Waals surface area contributed by atoms with Gasteiger partial charge in [0, 0.05) is 23.1 Å². The lowest BCUT2D eigenvalue weighted by atomic mass is 10.2. The van der Waals surface area contributed by atoms with E-state index >= 15 is 0 Å². The van der Waals surface area contributed by atoms with Crippen molar-refractivity contribution in [2.45, 2.75) is 5.75 Å². The maximum atomic E-state index is 10.8. The molecule has 0 spiro atoms. The molecule has 0 aliphatic heterocycles. The van der Waals surface area contributed by atoms with Crippen molar-refractivity contribution in [2.24, 2.45) is 0 Å². The zero-order valence-electron chi connectivity index (χ0n) is 8.71. The lowest BCUT2D eigenvalue weighted by Gasteiger charge is -2.04. The molecule has 0 aliphatic rings. The minimum atomic E-state index is -0.125. The van der Waals surface area contributed by atoms with Gasteiger partial charge in [-0.05, 0) is 11.6 Å². The molecule has 0 aromatic heterocycles. The molecule has 88 valence electrons. The smallest absolute Gasteiger partial charge is 0.234 e. The van der Waals surface area contributed by atoms with E-state index in [0.717, 1.165) is 22.1 Å². The molecular weight excluding hydrogens is 265 g/mol. The lowest BCUT2D eigenvalue weighted by Crippen LogP contribution is -2.26. The Morgan fingerprint density at radius 3 is 2.81 bits per heavy atom. The Bertz CT molecular complexity index is 347. The van der Waals surface area contributed by atoms with Crippen LogP contribution in [0.4, 0.5) is 0 Å². The molecule has 1 rings (SSSR count). The molecule has 0 radical (unpaired) electrons. The van der Waals surface area contributed by atoms with Crippen LogP contribution in [-0.4, -0.2) is 24.1 Å². The molecule has 0 heterocycles. The van der Waals surface area contributed by atoms with Crippen LogP contribution in [0.1, 0.15) is 5.56 Å². The van der Waals surface area contributed by atoms with Gasteiger partial charge in [-0.1, -0.05) is 29.8 Å². The molecule has 0 saturated carbocycles. The third kappa shape index (κ3) is 5.10. The molecule has 0 saturated heterocycles. The highest BCUT2D eigenvalue weighted by molar-refractivity contribution is 7.98. The number of hydrogen-bond donors (Lipinski definition) is 1. The monoisotopic (exact) mass is 277 g/mol. The normalized spacial score (nSPS) is 10.1. The van der Waals surface area contributed by atoms with Crippen LogP contribution in [-0.2, 0) is 10.5 Å². The first kappa shape index (κ1) is 13.7. The zero-order chi connectivity index (χ0) is 11.8. The standard InChI is InChI=1S/C11H13Cl2NOS/c12-7-11(15)14-5-6-16-8-9-3-1-2-4-10(9)13/h1-4H,5-8H2,(H,14,15). The summed E-state index contributed by atoms with van der Waals surface area (Å²) in [5.74, 6) is 1.61. The fourth-order valence-corrected chi connectivity index (χ4v) is 2.35. The quantitative estimate of drug-likeness (QED) is 0.640. The minimum Gasteiger partial charge on any atom is -0.354 e. The molecule has 0 atom stereocenters. The predicted octanol–water partition coefficient (Wildman–Crippen LogP) is 2.93. The Labute approximate surface area is 110 Å². The minimum absolute atomic E-state index is 0.0230. The Morgan fingerprint density at radius 2 is 2.12 bits per heavy atom. The summed E-state index contributed by atoms with van der Waals surface area (Å²) in [4.78, 5) is 10.8. The molecule has 0 fully saturated rings. The van der Waals surface area contributed by atoms with Crippen molar-refractivity contribution in [3.05, 3.63) is 34.9 Å². The van der Waals surface area contributed by atoms with Gasteiger partial charge < -0.3 is 5.32 Å². The van der Waals surface area contributed by atoms with Gasteiger partial charge in [0.05, 0.1) is 0 Å². The molecule has 2 nitrogen and oxygen atoms in total. The predicted molar refractivity (Wildman–Crippen MR) is 71.3 cm³/mol. The third-order valence-electron chi connectivity index (χ3n) is 1.91. The molecule has 0 aliphatic carbocycles. The fraction of sp³-hybridized carbons (Fsp3) is 0.364. The van der Waals surface area contributed by atoms with Gasteiger partial charge in [-0.2, -0.15) is 11.8 Å². The summed E-state index contributed by atoms with van der Waals surface area (Å²) in [6, 6.07) is 7.77. The number of rotatable bonds is 6. The fourth-order valence-electron chi connectivity index (χ4n) is 1.11. The Morgan fingerprint density at radius 1 is 1.38 bits per heavy atom. The topological polar surface area (TPSA) is 29.1 Å². The van der Waals surface area contributed by atoms with Crippen molar-refractivity contribution in [2.75, 3.05) is 18.2 Å². The van der Waals surface area contributed by atoms with Gasteiger partial charge in [-0.3, -0.25) is 4.79 Å². The van der Waals surface area contributed by atoms with Crippen LogP contribution < -0.4 is 5.32 Å². The SMILES string of the molecule is O=C(CCl)NCCSCc1ccccc1Cl. The van der Waals surface area contributed by atoms with Gasteiger partial charge >= 0.3 is 0 Å². The zero-order valence-corrected chi connectivity index (χ0v) is 11.0. The van der Waals surface area contributed by atoms with E-state index in [1.54, 1.807) is 11.8 Å². The number of carbonyl (C=O) groups excluding carboxylic acids is 1. The van der Waals surface area contributed by atoms with Gasteiger partial charge in [0.1, 0.15) is 5.88 Å². The summed E-state index contributed by atoms with van der Waals surface area (Å²) >= 11 is 13.1. The summed E-state index contributed by atoms with van der Waals surface area (Å²) < 4.78 is 0. The first-order valence-electron chi connectivity index (χ1n) is 4.88. The summed E-state index contributed by atoms with van der Waals surface area (Å²) in [6.45, 7) is 0.640. The van der Waals surface area contributed by atoms with Crippen LogP contribution in [0.25, 0.3) is 0 Å². The van der Waals surface area contributed by atoms with E-state index in [4.69, 9.17) is 23.2 Å². The first-order valence-corrected chi connectivity index (χ1v) is 6.94. The van der Waals surface area contributed by atoms with Crippen molar-refractivity contribution in [1.82, 2.24) is 5.32 Å². The maximum absolute atomic E-state index is 10.8. The van der Waals surface area contributed by atoms with Crippen molar-refractivity contribution in [3.63, 3.8) is 0 Å². The van der Waals surface area contributed by atoms with E-state index < -0.39 is 0 Å². The molecular formula is C11H13Cl2NOS.